The molecule has 20 heavy (non-hydrogen) atoms. The Hall–Kier alpha value is -2.25. The molecule has 0 fully saturated rings. The lowest BCUT2D eigenvalue weighted by atomic mass is 10.0. The van der Waals surface area contributed by atoms with Crippen LogP contribution in [-0.4, -0.2) is 10.4 Å². The summed E-state index contributed by atoms with van der Waals surface area (Å²) in [4.78, 5) is 0.458. The highest BCUT2D eigenvalue weighted by molar-refractivity contribution is 6.22. The van der Waals surface area contributed by atoms with Crippen LogP contribution in [0.3, 0.4) is 0 Å². The molecule has 5 heteroatoms. The monoisotopic (exact) mass is 288 g/mol. The smallest absolute Gasteiger partial charge is 0.234 e. The zero-order chi connectivity index (χ0) is 14.3. The summed E-state index contributed by atoms with van der Waals surface area (Å²) in [6.45, 7) is 1.76. The van der Waals surface area contributed by atoms with Crippen molar-refractivity contribution in [2.75, 3.05) is 0 Å². The van der Waals surface area contributed by atoms with E-state index < -0.39 is 5.56 Å². The molecule has 3 nitrogen and oxygen atoms in total. The Bertz CT molecular complexity index is 743. The van der Waals surface area contributed by atoms with Gasteiger partial charge in [-0.1, -0.05) is 46.4 Å². The number of halogens is 2. The molecule has 0 N–H and O–H groups in total. The zero-order valence-corrected chi connectivity index (χ0v) is 11.4. The third-order valence-electron chi connectivity index (χ3n) is 3.28. The number of benzene rings is 1. The number of hydrogen-bond donors (Lipinski definition) is 0. The van der Waals surface area contributed by atoms with Gasteiger partial charge in [-0.3, -0.25) is 0 Å². The number of nitrogens with zero attached hydrogens (tertiary/aromatic N) is 2. The minimum absolute atomic E-state index is 0.0135. The molecule has 1 unspecified atom stereocenters. The van der Waals surface area contributed by atoms with Crippen molar-refractivity contribution >= 4 is 17.2 Å². The number of allylic oxidation sites excluding steroid dienone is 1. The first kappa shape index (κ1) is 12.8. The van der Waals surface area contributed by atoms with Gasteiger partial charge >= 0.3 is 0 Å². The summed E-state index contributed by atoms with van der Waals surface area (Å²) in [6, 6.07) is 11.2. The van der Waals surface area contributed by atoms with Crippen LogP contribution in [0, 0.1) is 18.3 Å². The molecule has 1 atom stereocenters. The zero-order valence-electron chi connectivity index (χ0n) is 10.6. The average molecular weight is 289 g/mol. The molecule has 0 saturated carbocycles. The fourth-order valence-corrected chi connectivity index (χ4v) is 2.63. The van der Waals surface area contributed by atoms with Crippen LogP contribution < -0.4 is 4.74 Å². The molecule has 0 spiro atoms. The average Bonchev–Trinajstić information content (AvgIpc) is 2.71. The number of aromatic nitrogens is 1. The van der Waals surface area contributed by atoms with E-state index in [1.54, 1.807) is 19.1 Å². The summed E-state index contributed by atoms with van der Waals surface area (Å²) in [5.41, 5.74) is 1.70. The molecule has 0 radical (unpaired) electrons. The SMILES string of the molecule is Cc1c2c(n(F)c1-c1ccccc1)OC(Cl)C=C2C#N. The van der Waals surface area contributed by atoms with E-state index >= 15 is 0 Å². The van der Waals surface area contributed by atoms with Crippen molar-refractivity contribution in [2.24, 2.45) is 0 Å². The Balaban J connectivity index is 2.28. The maximum atomic E-state index is 14.5. The molecule has 1 aromatic carbocycles. The second kappa shape index (κ2) is 4.69. The first-order chi connectivity index (χ1) is 9.63. The van der Waals surface area contributed by atoms with E-state index in [0.717, 1.165) is 0 Å². The molecule has 100 valence electrons. The van der Waals surface area contributed by atoms with E-state index in [4.69, 9.17) is 16.3 Å². The molecule has 3 rings (SSSR count). The van der Waals surface area contributed by atoms with Gasteiger partial charge in [-0.25, -0.2) is 0 Å². The molecule has 0 aliphatic carbocycles. The quantitative estimate of drug-likeness (QED) is 0.742. The van der Waals surface area contributed by atoms with Crippen molar-refractivity contribution in [1.29, 1.82) is 5.26 Å². The van der Waals surface area contributed by atoms with Gasteiger partial charge in [-0.05, 0) is 18.6 Å². The van der Waals surface area contributed by atoms with Gasteiger partial charge < -0.3 is 4.74 Å². The van der Waals surface area contributed by atoms with Gasteiger partial charge in [-0.15, -0.1) is 4.79 Å². The molecule has 2 heterocycles. The van der Waals surface area contributed by atoms with Gasteiger partial charge in [0.2, 0.25) is 5.88 Å². The van der Waals surface area contributed by atoms with E-state index in [1.165, 1.54) is 6.08 Å². The molecule has 2 aromatic rings. The number of fused-ring (bicyclic) bond motifs is 1. The van der Waals surface area contributed by atoms with Gasteiger partial charge in [0.1, 0.15) is 0 Å². The van der Waals surface area contributed by atoms with Crippen LogP contribution >= 0.6 is 11.6 Å². The Morgan fingerprint density at radius 1 is 1.35 bits per heavy atom. The third kappa shape index (κ3) is 1.79. The second-order valence-electron chi connectivity index (χ2n) is 4.46. The summed E-state index contributed by atoms with van der Waals surface area (Å²) >= 11 is 5.87. The highest BCUT2D eigenvalue weighted by Crippen LogP contribution is 2.42. The number of ether oxygens (including phenoxy) is 1. The Morgan fingerprint density at radius 3 is 2.70 bits per heavy atom. The second-order valence-corrected chi connectivity index (χ2v) is 4.89. The van der Waals surface area contributed by atoms with E-state index in [1.807, 2.05) is 24.3 Å². The van der Waals surface area contributed by atoms with Crippen LogP contribution in [0.4, 0.5) is 4.48 Å². The van der Waals surface area contributed by atoms with Crippen molar-refractivity contribution in [3.8, 4) is 23.2 Å². The summed E-state index contributed by atoms with van der Waals surface area (Å²) in [5.74, 6) is -0.0135. The number of alkyl halides is 1. The number of rotatable bonds is 1. The minimum atomic E-state index is -0.843. The molecular formula is C15H10ClFN2O. The standard InChI is InChI=1S/C15H10ClFN2O/c1-9-13-11(8-18)7-12(16)20-15(13)19(17)14(9)10-5-3-2-4-6-10/h2-7,12H,1H3. The van der Waals surface area contributed by atoms with Crippen molar-refractivity contribution < 1.29 is 9.22 Å². The fraction of sp³-hybridized carbons (Fsp3) is 0.133. The summed E-state index contributed by atoms with van der Waals surface area (Å²) in [5, 5.41) is 9.19. The van der Waals surface area contributed by atoms with E-state index in [2.05, 4.69) is 0 Å². The summed E-state index contributed by atoms with van der Waals surface area (Å²) in [7, 11) is 0. The van der Waals surface area contributed by atoms with Gasteiger partial charge in [0.05, 0.1) is 22.9 Å². The Labute approximate surface area is 120 Å². The first-order valence-electron chi connectivity index (χ1n) is 6.03. The van der Waals surface area contributed by atoms with E-state index in [0.29, 0.717) is 32.7 Å². The lowest BCUT2D eigenvalue weighted by molar-refractivity contribution is 0.240. The van der Waals surface area contributed by atoms with E-state index in [9.17, 15) is 9.74 Å². The lowest BCUT2D eigenvalue weighted by Gasteiger charge is -2.16. The summed E-state index contributed by atoms with van der Waals surface area (Å²) < 4.78 is 19.8. The van der Waals surface area contributed by atoms with Gasteiger partial charge in [0.25, 0.3) is 0 Å². The Morgan fingerprint density at radius 2 is 2.05 bits per heavy atom. The van der Waals surface area contributed by atoms with E-state index in [-0.39, 0.29) is 5.88 Å². The van der Waals surface area contributed by atoms with Crippen LogP contribution in [0.5, 0.6) is 5.88 Å². The molecule has 1 aliphatic heterocycles. The number of nitriles is 1. The topological polar surface area (TPSA) is 38.0 Å². The number of hydrogen-bond acceptors (Lipinski definition) is 2. The van der Waals surface area contributed by atoms with Crippen molar-refractivity contribution in [2.45, 2.75) is 12.5 Å². The van der Waals surface area contributed by atoms with Crippen LogP contribution in [0.2, 0.25) is 0 Å². The van der Waals surface area contributed by atoms with Gasteiger partial charge in [0, 0.05) is 5.56 Å². The summed E-state index contributed by atoms with van der Waals surface area (Å²) in [6.07, 6.45) is 1.48. The van der Waals surface area contributed by atoms with Crippen LogP contribution in [0.25, 0.3) is 16.8 Å². The van der Waals surface area contributed by atoms with Crippen molar-refractivity contribution in [3.63, 3.8) is 0 Å². The first-order valence-corrected chi connectivity index (χ1v) is 6.47. The van der Waals surface area contributed by atoms with Crippen molar-refractivity contribution in [1.82, 2.24) is 4.79 Å². The lowest BCUT2D eigenvalue weighted by Crippen LogP contribution is -2.13. The molecule has 1 aromatic heterocycles. The molecule has 0 amide bonds. The molecular weight excluding hydrogens is 279 g/mol. The highest BCUT2D eigenvalue weighted by Gasteiger charge is 2.30. The predicted molar refractivity (Wildman–Crippen MR) is 75.0 cm³/mol. The van der Waals surface area contributed by atoms with Crippen LogP contribution in [0.15, 0.2) is 36.4 Å². The normalized spacial score (nSPS) is 16.9. The highest BCUT2D eigenvalue weighted by atomic mass is 35.5. The predicted octanol–water partition coefficient (Wildman–Crippen LogP) is 4.06. The molecule has 1 aliphatic rings. The van der Waals surface area contributed by atoms with Crippen LogP contribution in [0.1, 0.15) is 11.1 Å². The van der Waals surface area contributed by atoms with Gasteiger partial charge in [-0.2, -0.15) is 5.26 Å². The van der Waals surface area contributed by atoms with Crippen LogP contribution in [-0.2, 0) is 0 Å². The molecule has 0 saturated heterocycles. The maximum absolute atomic E-state index is 14.5. The maximum Gasteiger partial charge on any atom is 0.234 e. The molecule has 0 bridgehead atoms. The Kier molecular flexibility index (Phi) is 3.00. The largest absolute Gasteiger partial charge is 0.453 e. The minimum Gasteiger partial charge on any atom is -0.453 e. The van der Waals surface area contributed by atoms with Gasteiger partial charge in [0.15, 0.2) is 5.56 Å². The van der Waals surface area contributed by atoms with Crippen molar-refractivity contribution in [3.05, 3.63) is 47.5 Å². The fourth-order valence-electron chi connectivity index (χ4n) is 2.42. The third-order valence-corrected chi connectivity index (χ3v) is 3.49.